The third kappa shape index (κ3) is 3.82. The third-order valence-electron chi connectivity index (χ3n) is 2.27. The van der Waals surface area contributed by atoms with Crippen molar-refractivity contribution in [2.75, 3.05) is 12.4 Å². The third-order valence-corrected chi connectivity index (χ3v) is 3.19. The van der Waals surface area contributed by atoms with Gasteiger partial charge in [-0.3, -0.25) is 4.79 Å². The van der Waals surface area contributed by atoms with Crippen molar-refractivity contribution in [1.29, 1.82) is 0 Å². The lowest BCUT2D eigenvalue weighted by atomic mass is 10.0. The molecule has 5 heteroatoms. The van der Waals surface area contributed by atoms with Crippen LogP contribution in [-0.4, -0.2) is 24.2 Å². The van der Waals surface area contributed by atoms with Crippen molar-refractivity contribution >= 4 is 39.3 Å². The zero-order valence-corrected chi connectivity index (χ0v) is 11.7. The Balaban J connectivity index is 3.04. The number of alkyl halides is 2. The smallest absolute Gasteiger partial charge is 0.338 e. The van der Waals surface area contributed by atoms with Crippen LogP contribution in [0.3, 0.4) is 0 Å². The van der Waals surface area contributed by atoms with Crippen LogP contribution in [0.15, 0.2) is 18.2 Å². The van der Waals surface area contributed by atoms with Crippen LogP contribution in [-0.2, 0) is 21.8 Å². The second-order valence-electron chi connectivity index (χ2n) is 3.47. The number of hydrogen-bond donors (Lipinski definition) is 0. The molecule has 3 nitrogen and oxygen atoms in total. The lowest BCUT2D eigenvalue weighted by molar-refractivity contribution is -0.115. The number of carbonyl (C=O) groups excluding carboxylic acids is 2. The quantitative estimate of drug-likeness (QED) is 0.619. The molecule has 0 N–H and O–H groups in total. The number of carbonyl (C=O) groups is 2. The molecule has 1 rings (SSSR count). The molecule has 0 bridgehead atoms. The summed E-state index contributed by atoms with van der Waals surface area (Å²) in [6.45, 7) is 0. The number of methoxy groups -OCH3 is 1. The van der Waals surface area contributed by atoms with E-state index in [9.17, 15) is 9.59 Å². The number of benzene rings is 1. The van der Waals surface area contributed by atoms with Crippen molar-refractivity contribution in [2.24, 2.45) is 0 Å². The van der Waals surface area contributed by atoms with Crippen molar-refractivity contribution in [2.45, 2.75) is 12.3 Å². The standard InChI is InChI=1S/C12H12BrClO3/c1-17-12(16)11-5-8(4-10(15)6-13)2-3-9(11)7-14/h2-3,5H,4,6-7H2,1H3. The van der Waals surface area contributed by atoms with Crippen LogP contribution in [0.2, 0.25) is 0 Å². The summed E-state index contributed by atoms with van der Waals surface area (Å²) in [6.07, 6.45) is 0.289. The largest absolute Gasteiger partial charge is 0.465 e. The summed E-state index contributed by atoms with van der Waals surface area (Å²) < 4.78 is 4.67. The Morgan fingerprint density at radius 3 is 2.65 bits per heavy atom. The number of halogens is 2. The normalized spacial score (nSPS) is 10.1. The summed E-state index contributed by atoms with van der Waals surface area (Å²) >= 11 is 8.84. The lowest BCUT2D eigenvalue weighted by Gasteiger charge is -2.07. The van der Waals surface area contributed by atoms with Gasteiger partial charge in [-0.2, -0.15) is 0 Å². The Morgan fingerprint density at radius 1 is 1.41 bits per heavy atom. The maximum absolute atomic E-state index is 11.5. The van der Waals surface area contributed by atoms with Gasteiger partial charge in [0.1, 0.15) is 5.78 Å². The SMILES string of the molecule is COC(=O)c1cc(CC(=O)CBr)ccc1CCl. The van der Waals surface area contributed by atoms with E-state index in [0.29, 0.717) is 16.5 Å². The molecular weight excluding hydrogens is 307 g/mol. The Hall–Kier alpha value is -0.870. The molecular formula is C12H12BrClO3. The molecule has 0 aromatic heterocycles. The topological polar surface area (TPSA) is 43.4 Å². The number of esters is 1. The van der Waals surface area contributed by atoms with Crippen LogP contribution >= 0.6 is 27.5 Å². The van der Waals surface area contributed by atoms with E-state index in [1.165, 1.54) is 7.11 Å². The molecule has 0 unspecified atom stereocenters. The predicted octanol–water partition coefficient (Wildman–Crippen LogP) is 2.72. The minimum Gasteiger partial charge on any atom is -0.465 e. The highest BCUT2D eigenvalue weighted by molar-refractivity contribution is 9.09. The number of Topliss-reactive ketones (excluding diaryl/α,β-unsaturated/α-hetero) is 1. The van der Waals surface area contributed by atoms with E-state index < -0.39 is 5.97 Å². The molecule has 0 spiro atoms. The summed E-state index contributed by atoms with van der Waals surface area (Å²) in [5.41, 5.74) is 1.90. The van der Waals surface area contributed by atoms with Crippen molar-refractivity contribution in [3.8, 4) is 0 Å². The van der Waals surface area contributed by atoms with Crippen LogP contribution in [0.5, 0.6) is 0 Å². The highest BCUT2D eigenvalue weighted by atomic mass is 79.9. The fourth-order valence-electron chi connectivity index (χ4n) is 1.42. The van der Waals surface area contributed by atoms with Gasteiger partial charge in [-0.05, 0) is 17.2 Å². The van der Waals surface area contributed by atoms with Gasteiger partial charge < -0.3 is 4.74 Å². The van der Waals surface area contributed by atoms with Crippen molar-refractivity contribution in [3.05, 3.63) is 34.9 Å². The average molecular weight is 320 g/mol. The summed E-state index contributed by atoms with van der Waals surface area (Å²) in [7, 11) is 1.32. The first-order valence-corrected chi connectivity index (χ1v) is 6.61. The summed E-state index contributed by atoms with van der Waals surface area (Å²) in [5.74, 6) is -0.148. The molecule has 1 aromatic carbocycles. The summed E-state index contributed by atoms with van der Waals surface area (Å²) in [6, 6.07) is 5.20. The van der Waals surface area contributed by atoms with E-state index in [2.05, 4.69) is 20.7 Å². The van der Waals surface area contributed by atoms with Crippen LogP contribution in [0.1, 0.15) is 21.5 Å². The number of rotatable bonds is 5. The molecule has 92 valence electrons. The van der Waals surface area contributed by atoms with Gasteiger partial charge in [-0.25, -0.2) is 4.79 Å². The first kappa shape index (κ1) is 14.2. The highest BCUT2D eigenvalue weighted by Crippen LogP contribution is 2.16. The molecule has 0 aliphatic carbocycles. The first-order chi connectivity index (χ1) is 8.12. The minimum absolute atomic E-state index is 0.0550. The summed E-state index contributed by atoms with van der Waals surface area (Å²) in [4.78, 5) is 22.8. The number of ketones is 1. The number of ether oxygens (including phenoxy) is 1. The van der Waals surface area contributed by atoms with Gasteiger partial charge in [0.25, 0.3) is 0 Å². The molecule has 0 fully saturated rings. The first-order valence-electron chi connectivity index (χ1n) is 4.96. The van der Waals surface area contributed by atoms with E-state index in [1.807, 2.05) is 0 Å². The van der Waals surface area contributed by atoms with E-state index in [0.717, 1.165) is 5.56 Å². The predicted molar refractivity (Wildman–Crippen MR) is 69.8 cm³/mol. The molecule has 0 heterocycles. The second-order valence-corrected chi connectivity index (χ2v) is 4.29. The van der Waals surface area contributed by atoms with Crippen LogP contribution in [0.4, 0.5) is 0 Å². The van der Waals surface area contributed by atoms with Crippen molar-refractivity contribution in [3.63, 3.8) is 0 Å². The number of hydrogen-bond acceptors (Lipinski definition) is 3. The molecule has 1 aromatic rings. The molecule has 0 amide bonds. The van der Waals surface area contributed by atoms with E-state index in [-0.39, 0.29) is 18.1 Å². The molecule has 0 aliphatic heterocycles. The fraction of sp³-hybridized carbons (Fsp3) is 0.333. The van der Waals surface area contributed by atoms with Crippen molar-refractivity contribution < 1.29 is 14.3 Å². The van der Waals surface area contributed by atoms with E-state index in [1.54, 1.807) is 18.2 Å². The van der Waals surface area contributed by atoms with Gasteiger partial charge in [0.05, 0.1) is 18.0 Å². The highest BCUT2D eigenvalue weighted by Gasteiger charge is 2.13. The zero-order chi connectivity index (χ0) is 12.8. The van der Waals surface area contributed by atoms with E-state index >= 15 is 0 Å². The molecule has 0 aliphatic rings. The monoisotopic (exact) mass is 318 g/mol. The Morgan fingerprint density at radius 2 is 2.12 bits per heavy atom. The van der Waals surface area contributed by atoms with Crippen LogP contribution in [0.25, 0.3) is 0 Å². The Bertz CT molecular complexity index is 432. The van der Waals surface area contributed by atoms with Crippen molar-refractivity contribution in [1.82, 2.24) is 0 Å². The van der Waals surface area contributed by atoms with Gasteiger partial charge in [0.2, 0.25) is 0 Å². The molecule has 0 saturated heterocycles. The summed E-state index contributed by atoms with van der Waals surface area (Å²) in [5, 5.41) is 0.303. The van der Waals surface area contributed by atoms with Gasteiger partial charge in [0, 0.05) is 12.3 Å². The van der Waals surface area contributed by atoms with Gasteiger partial charge in [-0.1, -0.05) is 28.1 Å². The van der Waals surface area contributed by atoms with E-state index in [4.69, 9.17) is 11.6 Å². The second kappa shape index (κ2) is 6.77. The Labute approximate surface area is 113 Å². The van der Waals surface area contributed by atoms with Gasteiger partial charge in [-0.15, -0.1) is 11.6 Å². The van der Waals surface area contributed by atoms with Crippen LogP contribution < -0.4 is 0 Å². The van der Waals surface area contributed by atoms with Crippen LogP contribution in [0, 0.1) is 0 Å². The average Bonchev–Trinajstić information content (AvgIpc) is 2.37. The molecule has 0 radical (unpaired) electrons. The maximum Gasteiger partial charge on any atom is 0.338 e. The Kier molecular flexibility index (Phi) is 5.65. The lowest BCUT2D eigenvalue weighted by Crippen LogP contribution is -2.08. The molecule has 0 atom stereocenters. The van der Waals surface area contributed by atoms with Gasteiger partial charge >= 0.3 is 5.97 Å². The minimum atomic E-state index is -0.436. The molecule has 0 saturated carbocycles. The maximum atomic E-state index is 11.5. The molecule has 17 heavy (non-hydrogen) atoms. The van der Waals surface area contributed by atoms with Gasteiger partial charge in [0.15, 0.2) is 0 Å². The zero-order valence-electron chi connectivity index (χ0n) is 9.33. The fourth-order valence-corrected chi connectivity index (χ4v) is 1.86.